The Labute approximate surface area is 83.9 Å². The molecule has 0 aromatic heterocycles. The minimum atomic E-state index is -0.0152. The minimum Gasteiger partial charge on any atom is -0.497 e. The average Bonchev–Trinajstić information content (AvgIpc) is 2.37. The van der Waals surface area contributed by atoms with E-state index in [1.165, 1.54) is 0 Å². The smallest absolute Gasteiger partial charge is 0.164 e. The van der Waals surface area contributed by atoms with Crippen LogP contribution in [0.2, 0.25) is 0 Å². The quantitative estimate of drug-likeness (QED) is 0.680. The van der Waals surface area contributed by atoms with Crippen LogP contribution in [0.3, 0.4) is 0 Å². The molecule has 0 aliphatic heterocycles. The number of ketones is 1. The number of carbonyl (C=O) groups is 1. The molecule has 0 bridgehead atoms. The summed E-state index contributed by atoms with van der Waals surface area (Å²) in [4.78, 5) is 11.7. The fourth-order valence-corrected chi connectivity index (χ4v) is 2.06. The number of methoxy groups -OCH3 is 1. The van der Waals surface area contributed by atoms with Crippen LogP contribution in [-0.4, -0.2) is 12.9 Å². The predicted octanol–water partition coefficient (Wildman–Crippen LogP) is 2.56. The number of carbonyl (C=O) groups excluding carboxylic acids is 1. The van der Waals surface area contributed by atoms with E-state index in [1.807, 2.05) is 18.2 Å². The molecule has 0 saturated carbocycles. The summed E-state index contributed by atoms with van der Waals surface area (Å²) in [6, 6.07) is 5.75. The molecule has 0 radical (unpaired) electrons. The summed E-state index contributed by atoms with van der Waals surface area (Å²) < 4.78 is 5.10. The zero-order chi connectivity index (χ0) is 10.3. The van der Waals surface area contributed by atoms with E-state index < -0.39 is 0 Å². The highest BCUT2D eigenvalue weighted by atomic mass is 16.5. The molecule has 2 rings (SSSR count). The number of Topliss-reactive ketones (excluding diaryl/α,β-unsaturated/α-hetero) is 1. The van der Waals surface area contributed by atoms with Crippen LogP contribution >= 0.6 is 0 Å². The molecule has 0 N–H and O–H groups in total. The largest absolute Gasteiger partial charge is 0.497 e. The van der Waals surface area contributed by atoms with E-state index in [-0.39, 0.29) is 11.2 Å². The highest BCUT2D eigenvalue weighted by Gasteiger charge is 2.35. The van der Waals surface area contributed by atoms with Crippen molar-refractivity contribution in [1.29, 1.82) is 0 Å². The van der Waals surface area contributed by atoms with E-state index in [1.54, 1.807) is 7.11 Å². The number of rotatable bonds is 1. The van der Waals surface area contributed by atoms with E-state index in [2.05, 4.69) is 13.8 Å². The molecule has 2 nitrogen and oxygen atoms in total. The first kappa shape index (κ1) is 9.25. The van der Waals surface area contributed by atoms with Crippen molar-refractivity contribution in [1.82, 2.24) is 0 Å². The fraction of sp³-hybridized carbons (Fsp3) is 0.417. The Balaban J connectivity index is 2.58. The lowest BCUT2D eigenvalue weighted by Gasteiger charge is -2.17. The Hall–Kier alpha value is -1.31. The second-order valence-electron chi connectivity index (χ2n) is 4.40. The Morgan fingerprint density at radius 1 is 1.36 bits per heavy atom. The molecule has 1 aliphatic carbocycles. The van der Waals surface area contributed by atoms with Gasteiger partial charge in [0.25, 0.3) is 0 Å². The molecule has 0 fully saturated rings. The molecule has 0 amide bonds. The Morgan fingerprint density at radius 2 is 2.07 bits per heavy atom. The first-order valence-electron chi connectivity index (χ1n) is 4.76. The monoisotopic (exact) mass is 190 g/mol. The molecule has 1 aliphatic rings. The van der Waals surface area contributed by atoms with Crippen LogP contribution in [0, 0.1) is 0 Å². The molecular formula is C12H14O2. The molecule has 0 spiro atoms. The Kier molecular flexibility index (Phi) is 1.88. The third kappa shape index (κ3) is 1.22. The summed E-state index contributed by atoms with van der Waals surface area (Å²) in [7, 11) is 1.62. The topological polar surface area (TPSA) is 26.3 Å². The van der Waals surface area contributed by atoms with Gasteiger partial charge >= 0.3 is 0 Å². The summed E-state index contributed by atoms with van der Waals surface area (Å²) in [5.41, 5.74) is 1.95. The Morgan fingerprint density at radius 3 is 2.71 bits per heavy atom. The summed E-state index contributed by atoms with van der Waals surface area (Å²) >= 11 is 0. The van der Waals surface area contributed by atoms with Gasteiger partial charge in [0.2, 0.25) is 0 Å². The maximum Gasteiger partial charge on any atom is 0.164 e. The highest BCUT2D eigenvalue weighted by molar-refractivity contribution is 6.02. The van der Waals surface area contributed by atoms with Crippen molar-refractivity contribution in [3.05, 3.63) is 29.3 Å². The lowest BCUT2D eigenvalue weighted by atomic mass is 9.87. The maximum absolute atomic E-state index is 11.7. The van der Waals surface area contributed by atoms with Gasteiger partial charge in [0.1, 0.15) is 5.75 Å². The molecule has 0 unspecified atom stereocenters. The standard InChI is InChI=1S/C12H14O2/c1-12(2)7-11(13)9-6-8(14-3)4-5-10(9)12/h4-6H,7H2,1-3H3. The van der Waals surface area contributed by atoms with Gasteiger partial charge in [-0.1, -0.05) is 19.9 Å². The van der Waals surface area contributed by atoms with E-state index in [0.29, 0.717) is 6.42 Å². The van der Waals surface area contributed by atoms with Crippen LogP contribution in [0.5, 0.6) is 5.75 Å². The van der Waals surface area contributed by atoms with Gasteiger partial charge in [0.05, 0.1) is 7.11 Å². The lowest BCUT2D eigenvalue weighted by Crippen LogP contribution is -2.12. The summed E-state index contributed by atoms with van der Waals surface area (Å²) in [6.07, 6.45) is 0.607. The zero-order valence-corrected chi connectivity index (χ0v) is 8.76. The molecule has 1 aromatic rings. The van der Waals surface area contributed by atoms with Gasteiger partial charge in [-0.2, -0.15) is 0 Å². The number of benzene rings is 1. The summed E-state index contributed by atoms with van der Waals surface area (Å²) in [5, 5.41) is 0. The SMILES string of the molecule is COc1ccc2c(c1)C(=O)CC2(C)C. The van der Waals surface area contributed by atoms with Crippen molar-refractivity contribution < 1.29 is 9.53 Å². The van der Waals surface area contributed by atoms with Crippen LogP contribution < -0.4 is 4.74 Å². The zero-order valence-electron chi connectivity index (χ0n) is 8.76. The first-order valence-corrected chi connectivity index (χ1v) is 4.76. The number of fused-ring (bicyclic) bond motifs is 1. The van der Waals surface area contributed by atoms with Crippen molar-refractivity contribution >= 4 is 5.78 Å². The van der Waals surface area contributed by atoms with Gasteiger partial charge < -0.3 is 4.74 Å². The highest BCUT2D eigenvalue weighted by Crippen LogP contribution is 2.39. The van der Waals surface area contributed by atoms with Gasteiger partial charge in [-0.3, -0.25) is 4.79 Å². The second kappa shape index (κ2) is 2.84. The van der Waals surface area contributed by atoms with Crippen LogP contribution in [0.25, 0.3) is 0 Å². The molecular weight excluding hydrogens is 176 g/mol. The third-order valence-corrected chi connectivity index (χ3v) is 2.86. The fourth-order valence-electron chi connectivity index (χ4n) is 2.06. The van der Waals surface area contributed by atoms with Crippen LogP contribution in [-0.2, 0) is 5.41 Å². The molecule has 1 aromatic carbocycles. The van der Waals surface area contributed by atoms with E-state index in [9.17, 15) is 4.79 Å². The number of hydrogen-bond acceptors (Lipinski definition) is 2. The summed E-state index contributed by atoms with van der Waals surface area (Å²) in [6.45, 7) is 4.20. The van der Waals surface area contributed by atoms with Crippen LogP contribution in [0.1, 0.15) is 36.2 Å². The van der Waals surface area contributed by atoms with E-state index >= 15 is 0 Å². The van der Waals surface area contributed by atoms with Gasteiger partial charge in [0, 0.05) is 12.0 Å². The van der Waals surface area contributed by atoms with Crippen molar-refractivity contribution in [2.45, 2.75) is 25.7 Å². The maximum atomic E-state index is 11.7. The second-order valence-corrected chi connectivity index (χ2v) is 4.40. The first-order chi connectivity index (χ1) is 6.54. The van der Waals surface area contributed by atoms with Crippen molar-refractivity contribution in [2.75, 3.05) is 7.11 Å². The molecule has 2 heteroatoms. The van der Waals surface area contributed by atoms with Crippen molar-refractivity contribution in [2.24, 2.45) is 0 Å². The third-order valence-electron chi connectivity index (χ3n) is 2.86. The van der Waals surface area contributed by atoms with Gasteiger partial charge in [-0.25, -0.2) is 0 Å². The number of ether oxygens (including phenoxy) is 1. The van der Waals surface area contributed by atoms with Crippen LogP contribution in [0.15, 0.2) is 18.2 Å². The average molecular weight is 190 g/mol. The van der Waals surface area contributed by atoms with Crippen molar-refractivity contribution in [3.63, 3.8) is 0 Å². The number of hydrogen-bond donors (Lipinski definition) is 0. The Bertz CT molecular complexity index is 391. The predicted molar refractivity (Wildman–Crippen MR) is 55.0 cm³/mol. The normalized spacial score (nSPS) is 18.1. The molecule has 0 heterocycles. The van der Waals surface area contributed by atoms with E-state index in [0.717, 1.165) is 16.9 Å². The molecule has 14 heavy (non-hydrogen) atoms. The van der Waals surface area contributed by atoms with Gasteiger partial charge in [-0.15, -0.1) is 0 Å². The van der Waals surface area contributed by atoms with Gasteiger partial charge in [0.15, 0.2) is 5.78 Å². The molecule has 0 atom stereocenters. The summed E-state index contributed by atoms with van der Waals surface area (Å²) in [5.74, 6) is 0.985. The van der Waals surface area contributed by atoms with Gasteiger partial charge in [-0.05, 0) is 23.1 Å². The molecule has 0 saturated heterocycles. The van der Waals surface area contributed by atoms with E-state index in [4.69, 9.17) is 4.74 Å². The van der Waals surface area contributed by atoms with Crippen molar-refractivity contribution in [3.8, 4) is 5.75 Å². The molecule has 74 valence electrons. The lowest BCUT2D eigenvalue weighted by molar-refractivity contribution is 0.0979. The minimum absolute atomic E-state index is 0.0152. The van der Waals surface area contributed by atoms with Crippen LogP contribution in [0.4, 0.5) is 0 Å².